The number of amides is 1. The molecule has 0 unspecified atom stereocenters. The van der Waals surface area contributed by atoms with Gasteiger partial charge in [-0.05, 0) is 31.7 Å². The molecule has 0 saturated heterocycles. The number of aliphatic hydroxyl groups excluding tert-OH is 1. The molecular weight excluding hydrogens is 390 g/mol. The smallest absolute Gasteiger partial charge is 0.258 e. The zero-order chi connectivity index (χ0) is 22.5. The number of para-hydroxylation sites is 1. The summed E-state index contributed by atoms with van der Waals surface area (Å²) in [5.74, 6) is 0.625. The molecule has 0 radical (unpaired) electrons. The van der Waals surface area contributed by atoms with Gasteiger partial charge in [0, 0.05) is 39.6 Å². The summed E-state index contributed by atoms with van der Waals surface area (Å²) in [6.45, 7) is 6.03. The molecule has 31 heavy (non-hydrogen) atoms. The molecule has 1 N–H and O–H groups in total. The second-order valence-electron chi connectivity index (χ2n) is 8.85. The molecule has 1 heterocycles. The Morgan fingerprint density at radius 1 is 1.13 bits per heavy atom. The fourth-order valence-corrected chi connectivity index (χ4v) is 4.06. The number of carbonyl (C=O) groups excluding carboxylic acids is 1. The zero-order valence-corrected chi connectivity index (χ0v) is 19.3. The van der Waals surface area contributed by atoms with Crippen molar-refractivity contribution < 1.29 is 14.6 Å². The van der Waals surface area contributed by atoms with Crippen LogP contribution in [0.4, 0.5) is 5.69 Å². The summed E-state index contributed by atoms with van der Waals surface area (Å²) in [5.41, 5.74) is 2.69. The minimum atomic E-state index is -0.258. The number of carbonyl (C=O) groups is 1. The molecule has 1 aliphatic rings. The van der Waals surface area contributed by atoms with Crippen molar-refractivity contribution in [3.63, 3.8) is 0 Å². The summed E-state index contributed by atoms with van der Waals surface area (Å²) in [7, 11) is 6.01. The summed E-state index contributed by atoms with van der Waals surface area (Å²) in [5, 5.41) is 9.78. The first-order valence-corrected chi connectivity index (χ1v) is 10.9. The van der Waals surface area contributed by atoms with Crippen LogP contribution in [0.15, 0.2) is 48.5 Å². The van der Waals surface area contributed by atoms with E-state index >= 15 is 0 Å². The first kappa shape index (κ1) is 23.1. The van der Waals surface area contributed by atoms with E-state index in [1.165, 1.54) is 5.56 Å². The fourth-order valence-electron chi connectivity index (χ4n) is 4.06. The van der Waals surface area contributed by atoms with Crippen LogP contribution in [0.2, 0.25) is 0 Å². The van der Waals surface area contributed by atoms with E-state index in [4.69, 9.17) is 4.74 Å². The van der Waals surface area contributed by atoms with Crippen molar-refractivity contribution in [2.24, 2.45) is 5.92 Å². The van der Waals surface area contributed by atoms with Crippen LogP contribution in [-0.4, -0.2) is 73.8 Å². The van der Waals surface area contributed by atoms with Gasteiger partial charge >= 0.3 is 0 Å². The van der Waals surface area contributed by atoms with Crippen LogP contribution < -0.4 is 9.64 Å². The molecule has 0 aromatic heterocycles. The minimum Gasteiger partial charge on any atom is -0.486 e. The molecule has 168 valence electrons. The van der Waals surface area contributed by atoms with Crippen molar-refractivity contribution >= 4 is 11.6 Å². The second-order valence-corrected chi connectivity index (χ2v) is 8.85. The Labute approximate surface area is 186 Å². The molecule has 1 amide bonds. The van der Waals surface area contributed by atoms with Crippen LogP contribution >= 0.6 is 0 Å². The van der Waals surface area contributed by atoms with Crippen LogP contribution in [0, 0.1) is 5.92 Å². The van der Waals surface area contributed by atoms with Crippen LogP contribution in [0.3, 0.4) is 0 Å². The molecule has 3 rings (SSSR count). The molecule has 0 bridgehead atoms. The van der Waals surface area contributed by atoms with Gasteiger partial charge in [-0.3, -0.25) is 9.69 Å². The number of hydrogen-bond donors (Lipinski definition) is 1. The van der Waals surface area contributed by atoms with Crippen molar-refractivity contribution in [2.75, 3.05) is 45.7 Å². The van der Waals surface area contributed by atoms with Gasteiger partial charge in [-0.2, -0.15) is 0 Å². The molecule has 0 spiro atoms. The maximum atomic E-state index is 13.4. The lowest BCUT2D eigenvalue weighted by atomic mass is 9.98. The van der Waals surface area contributed by atoms with Crippen molar-refractivity contribution in [1.29, 1.82) is 0 Å². The van der Waals surface area contributed by atoms with E-state index in [2.05, 4.69) is 43.1 Å². The Kier molecular flexibility index (Phi) is 7.57. The Morgan fingerprint density at radius 3 is 2.48 bits per heavy atom. The number of rotatable bonds is 7. The molecule has 0 saturated carbocycles. The number of nitrogens with zero attached hydrogens (tertiary/aromatic N) is 3. The van der Waals surface area contributed by atoms with E-state index in [9.17, 15) is 9.90 Å². The van der Waals surface area contributed by atoms with Gasteiger partial charge in [0.1, 0.15) is 6.10 Å². The van der Waals surface area contributed by atoms with Crippen LogP contribution in [0.1, 0.15) is 29.8 Å². The topological polar surface area (TPSA) is 56.3 Å². The molecule has 0 fully saturated rings. The van der Waals surface area contributed by atoms with Gasteiger partial charge in [0.05, 0.1) is 23.9 Å². The molecule has 6 heteroatoms. The number of fused-ring (bicyclic) bond motifs is 1. The number of hydrogen-bond acceptors (Lipinski definition) is 5. The SMILES string of the molecule is C[C@H]1CN([C@@H](C)CO)C(=O)c2cccc(N(C)C)c2O[C@@H]1CN(C)Cc1ccccc1. The lowest BCUT2D eigenvalue weighted by Gasteiger charge is -2.39. The summed E-state index contributed by atoms with van der Waals surface area (Å²) < 4.78 is 6.59. The van der Waals surface area contributed by atoms with Crippen LogP contribution in [0.25, 0.3) is 0 Å². The highest BCUT2D eigenvalue weighted by molar-refractivity contribution is 5.99. The predicted molar refractivity (Wildman–Crippen MR) is 125 cm³/mol. The molecular formula is C25H35N3O3. The number of aliphatic hydroxyl groups is 1. The number of ether oxygens (including phenoxy) is 1. The van der Waals surface area contributed by atoms with Crippen LogP contribution in [-0.2, 0) is 6.54 Å². The van der Waals surface area contributed by atoms with Crippen molar-refractivity contribution in [3.8, 4) is 5.75 Å². The van der Waals surface area contributed by atoms with Gasteiger partial charge in [-0.25, -0.2) is 0 Å². The Bertz CT molecular complexity index is 872. The van der Waals surface area contributed by atoms with E-state index in [1.807, 2.05) is 50.2 Å². The lowest BCUT2D eigenvalue weighted by Crippen LogP contribution is -2.49. The maximum Gasteiger partial charge on any atom is 0.258 e. The first-order valence-electron chi connectivity index (χ1n) is 10.9. The normalized spacial score (nSPS) is 20.0. The van der Waals surface area contributed by atoms with Crippen molar-refractivity contribution in [2.45, 2.75) is 32.5 Å². The van der Waals surface area contributed by atoms with E-state index in [1.54, 1.807) is 4.90 Å². The number of benzene rings is 2. The van der Waals surface area contributed by atoms with E-state index in [0.29, 0.717) is 17.9 Å². The second kappa shape index (κ2) is 10.2. The average Bonchev–Trinajstić information content (AvgIpc) is 2.75. The summed E-state index contributed by atoms with van der Waals surface area (Å²) in [4.78, 5) is 19.4. The number of anilines is 1. The van der Waals surface area contributed by atoms with E-state index < -0.39 is 0 Å². The van der Waals surface area contributed by atoms with Gasteiger partial charge in [0.25, 0.3) is 5.91 Å². The average molecular weight is 426 g/mol. The molecule has 3 atom stereocenters. The molecule has 6 nitrogen and oxygen atoms in total. The Morgan fingerprint density at radius 2 is 1.84 bits per heavy atom. The third kappa shape index (κ3) is 5.38. The van der Waals surface area contributed by atoms with E-state index in [-0.39, 0.29) is 30.6 Å². The standard InChI is InChI=1S/C25H35N3O3/c1-18-14-28(19(2)17-29)25(30)21-12-9-13-22(26(3)4)24(21)31-23(18)16-27(5)15-20-10-7-6-8-11-20/h6-13,18-19,23,29H,14-17H2,1-5H3/t18-,19-,23+/m0/s1. The van der Waals surface area contributed by atoms with Gasteiger partial charge in [0.15, 0.2) is 5.75 Å². The largest absolute Gasteiger partial charge is 0.486 e. The quantitative estimate of drug-likeness (QED) is 0.739. The maximum absolute atomic E-state index is 13.4. The predicted octanol–water partition coefficient (Wildman–Crippen LogP) is 3.10. The van der Waals surface area contributed by atoms with Gasteiger partial charge in [-0.1, -0.05) is 43.3 Å². The molecule has 2 aromatic rings. The molecule has 2 aromatic carbocycles. The lowest BCUT2D eigenvalue weighted by molar-refractivity contribution is 0.0343. The molecule has 0 aliphatic carbocycles. The first-order chi connectivity index (χ1) is 14.8. The summed E-state index contributed by atoms with van der Waals surface area (Å²) >= 11 is 0. The summed E-state index contributed by atoms with van der Waals surface area (Å²) in [6.07, 6.45) is -0.102. The number of likely N-dealkylation sites (N-methyl/N-ethyl adjacent to an activating group) is 1. The third-order valence-corrected chi connectivity index (χ3v) is 5.94. The monoisotopic (exact) mass is 425 g/mol. The van der Waals surface area contributed by atoms with E-state index in [0.717, 1.165) is 18.8 Å². The van der Waals surface area contributed by atoms with Crippen LogP contribution in [0.5, 0.6) is 5.75 Å². The van der Waals surface area contributed by atoms with Gasteiger partial charge in [-0.15, -0.1) is 0 Å². The van der Waals surface area contributed by atoms with Crippen molar-refractivity contribution in [3.05, 3.63) is 59.7 Å². The summed E-state index contributed by atoms with van der Waals surface area (Å²) in [6, 6.07) is 15.8. The zero-order valence-electron chi connectivity index (χ0n) is 19.3. The Hall–Kier alpha value is -2.57. The fraction of sp³-hybridized carbons (Fsp3) is 0.480. The highest BCUT2D eigenvalue weighted by atomic mass is 16.5. The van der Waals surface area contributed by atoms with Gasteiger partial charge < -0.3 is 19.6 Å². The third-order valence-electron chi connectivity index (χ3n) is 5.94. The highest BCUT2D eigenvalue weighted by Gasteiger charge is 2.34. The van der Waals surface area contributed by atoms with Crippen molar-refractivity contribution in [1.82, 2.24) is 9.80 Å². The highest BCUT2D eigenvalue weighted by Crippen LogP contribution is 2.36. The van der Waals surface area contributed by atoms with Gasteiger partial charge in [0.2, 0.25) is 0 Å². The minimum absolute atomic E-state index is 0.0689. The molecule has 1 aliphatic heterocycles. The Balaban J connectivity index is 1.94.